The maximum Gasteiger partial charge on any atom is 0.233 e. The minimum atomic E-state index is -0.350. The molecule has 1 aromatic carbocycles. The van der Waals surface area contributed by atoms with Crippen LogP contribution in [0.4, 0.5) is 0 Å². The van der Waals surface area contributed by atoms with E-state index in [0.29, 0.717) is 18.2 Å². The van der Waals surface area contributed by atoms with Crippen molar-refractivity contribution in [1.82, 2.24) is 9.80 Å². The molecule has 2 aliphatic heterocycles. The standard InChI is InChI=1S/C23H32N2O2/c1-4-24-17-22(11-10-19(24)26)12-14-25(15-13-22)20(27)23(16-21(23,2)3)18-8-6-5-7-9-18/h5-9H,4,10-17H2,1-3H3/t23-/m1/s1. The Morgan fingerprint density at radius 3 is 2.26 bits per heavy atom. The molecule has 4 rings (SSSR count). The summed E-state index contributed by atoms with van der Waals surface area (Å²) in [5.74, 6) is 0.608. The summed E-state index contributed by atoms with van der Waals surface area (Å²) in [6, 6.07) is 10.3. The van der Waals surface area contributed by atoms with Crippen LogP contribution in [-0.2, 0) is 15.0 Å². The molecule has 2 saturated heterocycles. The van der Waals surface area contributed by atoms with E-state index in [1.165, 1.54) is 5.56 Å². The van der Waals surface area contributed by atoms with Gasteiger partial charge in [0.2, 0.25) is 11.8 Å². The van der Waals surface area contributed by atoms with Gasteiger partial charge in [-0.2, -0.15) is 0 Å². The number of hydrogen-bond acceptors (Lipinski definition) is 2. The number of hydrogen-bond donors (Lipinski definition) is 0. The van der Waals surface area contributed by atoms with Gasteiger partial charge in [-0.05, 0) is 49.0 Å². The van der Waals surface area contributed by atoms with E-state index in [1.54, 1.807) is 0 Å². The molecule has 0 aromatic heterocycles. The van der Waals surface area contributed by atoms with E-state index >= 15 is 0 Å². The van der Waals surface area contributed by atoms with Crippen LogP contribution in [0.25, 0.3) is 0 Å². The Morgan fingerprint density at radius 1 is 1.07 bits per heavy atom. The highest BCUT2D eigenvalue weighted by atomic mass is 16.2. The molecule has 1 atom stereocenters. The Bertz CT molecular complexity index is 734. The second-order valence-corrected chi connectivity index (χ2v) is 9.53. The first-order valence-corrected chi connectivity index (χ1v) is 10.5. The molecule has 3 aliphatic rings. The first kappa shape index (κ1) is 18.5. The lowest BCUT2D eigenvalue weighted by Crippen LogP contribution is -2.53. The molecule has 2 amide bonds. The molecule has 4 nitrogen and oxygen atoms in total. The highest BCUT2D eigenvalue weighted by Crippen LogP contribution is 2.65. The van der Waals surface area contributed by atoms with Gasteiger partial charge in [-0.25, -0.2) is 0 Å². The van der Waals surface area contributed by atoms with Gasteiger partial charge in [0.1, 0.15) is 0 Å². The largest absolute Gasteiger partial charge is 0.342 e. The summed E-state index contributed by atoms with van der Waals surface area (Å²) in [6.45, 7) is 9.83. The van der Waals surface area contributed by atoms with Crippen molar-refractivity contribution < 1.29 is 9.59 Å². The van der Waals surface area contributed by atoms with E-state index in [2.05, 4.69) is 37.8 Å². The van der Waals surface area contributed by atoms with Gasteiger partial charge in [-0.15, -0.1) is 0 Å². The summed E-state index contributed by atoms with van der Waals surface area (Å²) < 4.78 is 0. The van der Waals surface area contributed by atoms with Crippen molar-refractivity contribution in [2.24, 2.45) is 10.8 Å². The first-order chi connectivity index (χ1) is 12.8. The smallest absolute Gasteiger partial charge is 0.233 e. The number of amides is 2. The number of likely N-dealkylation sites (tertiary alicyclic amines) is 2. The van der Waals surface area contributed by atoms with E-state index in [1.807, 2.05) is 23.1 Å². The fraction of sp³-hybridized carbons (Fsp3) is 0.652. The summed E-state index contributed by atoms with van der Waals surface area (Å²) in [7, 11) is 0. The maximum absolute atomic E-state index is 13.6. The summed E-state index contributed by atoms with van der Waals surface area (Å²) in [5, 5.41) is 0. The molecular weight excluding hydrogens is 336 g/mol. The van der Waals surface area contributed by atoms with Crippen molar-refractivity contribution in [1.29, 1.82) is 0 Å². The van der Waals surface area contributed by atoms with Crippen molar-refractivity contribution in [3.8, 4) is 0 Å². The lowest BCUT2D eigenvalue weighted by atomic mass is 9.72. The Labute approximate surface area is 162 Å². The Kier molecular flexibility index (Phi) is 4.36. The molecule has 4 heteroatoms. The molecule has 27 heavy (non-hydrogen) atoms. The Balaban J connectivity index is 1.48. The monoisotopic (exact) mass is 368 g/mol. The van der Waals surface area contributed by atoms with Crippen molar-refractivity contribution in [2.75, 3.05) is 26.2 Å². The molecule has 0 radical (unpaired) electrons. The minimum Gasteiger partial charge on any atom is -0.342 e. The van der Waals surface area contributed by atoms with Gasteiger partial charge in [-0.3, -0.25) is 9.59 Å². The molecule has 1 saturated carbocycles. The van der Waals surface area contributed by atoms with Crippen LogP contribution in [0.3, 0.4) is 0 Å². The van der Waals surface area contributed by atoms with Crippen LogP contribution in [0.2, 0.25) is 0 Å². The van der Waals surface area contributed by atoms with E-state index in [9.17, 15) is 9.59 Å². The number of nitrogens with zero attached hydrogens (tertiary/aromatic N) is 2. The second-order valence-electron chi connectivity index (χ2n) is 9.53. The summed E-state index contributed by atoms with van der Waals surface area (Å²) in [5.41, 5.74) is 1.06. The molecule has 0 bridgehead atoms. The van der Waals surface area contributed by atoms with Crippen molar-refractivity contribution in [2.45, 2.75) is 58.3 Å². The summed E-state index contributed by atoms with van der Waals surface area (Å²) in [6.07, 6.45) is 4.63. The van der Waals surface area contributed by atoms with Gasteiger partial charge < -0.3 is 9.80 Å². The first-order valence-electron chi connectivity index (χ1n) is 10.5. The zero-order valence-corrected chi connectivity index (χ0v) is 17.0. The fourth-order valence-corrected chi connectivity index (χ4v) is 5.58. The second kappa shape index (κ2) is 6.35. The van der Waals surface area contributed by atoms with Gasteiger partial charge >= 0.3 is 0 Å². The molecule has 2 heterocycles. The van der Waals surface area contributed by atoms with Gasteiger partial charge in [0.05, 0.1) is 5.41 Å². The lowest BCUT2D eigenvalue weighted by molar-refractivity contribution is -0.143. The van der Waals surface area contributed by atoms with Crippen molar-refractivity contribution in [3.63, 3.8) is 0 Å². The number of piperidine rings is 2. The minimum absolute atomic E-state index is 0.0246. The van der Waals surface area contributed by atoms with Crippen LogP contribution >= 0.6 is 0 Å². The van der Waals surface area contributed by atoms with Crippen LogP contribution in [0, 0.1) is 10.8 Å². The lowest BCUT2D eigenvalue weighted by Gasteiger charge is -2.48. The maximum atomic E-state index is 13.6. The molecule has 1 aromatic rings. The van der Waals surface area contributed by atoms with Gasteiger partial charge in [0, 0.05) is 32.6 Å². The molecule has 146 valence electrons. The normalized spacial score (nSPS) is 29.1. The highest BCUT2D eigenvalue weighted by molar-refractivity contribution is 5.93. The molecule has 3 fully saturated rings. The van der Waals surface area contributed by atoms with Crippen LogP contribution < -0.4 is 0 Å². The SMILES string of the molecule is CCN1CC2(CCC1=O)CCN(C(=O)[C@]1(c3ccccc3)CC1(C)C)CC2. The van der Waals surface area contributed by atoms with Crippen LogP contribution in [-0.4, -0.2) is 47.8 Å². The van der Waals surface area contributed by atoms with Crippen LogP contribution in [0.15, 0.2) is 30.3 Å². The Hall–Kier alpha value is -1.84. The summed E-state index contributed by atoms with van der Waals surface area (Å²) in [4.78, 5) is 29.8. The van der Waals surface area contributed by atoms with Gasteiger partial charge in [0.25, 0.3) is 0 Å². The van der Waals surface area contributed by atoms with Gasteiger partial charge in [-0.1, -0.05) is 44.2 Å². The zero-order chi connectivity index (χ0) is 19.3. The van der Waals surface area contributed by atoms with Crippen LogP contribution in [0.5, 0.6) is 0 Å². The molecule has 0 unspecified atom stereocenters. The van der Waals surface area contributed by atoms with E-state index in [-0.39, 0.29) is 16.2 Å². The third-order valence-corrected chi connectivity index (χ3v) is 7.61. The quantitative estimate of drug-likeness (QED) is 0.818. The third-order valence-electron chi connectivity index (χ3n) is 7.61. The predicted molar refractivity (Wildman–Crippen MR) is 106 cm³/mol. The van der Waals surface area contributed by atoms with E-state index in [0.717, 1.165) is 51.9 Å². The average molecular weight is 369 g/mol. The molecule has 1 spiro atoms. The van der Waals surface area contributed by atoms with E-state index < -0.39 is 0 Å². The summed E-state index contributed by atoms with van der Waals surface area (Å²) >= 11 is 0. The predicted octanol–water partition coefficient (Wildman–Crippen LogP) is 3.61. The van der Waals surface area contributed by atoms with Crippen LogP contribution in [0.1, 0.15) is 58.4 Å². The van der Waals surface area contributed by atoms with Gasteiger partial charge in [0.15, 0.2) is 0 Å². The zero-order valence-electron chi connectivity index (χ0n) is 17.0. The third kappa shape index (κ3) is 2.88. The van der Waals surface area contributed by atoms with Crippen molar-refractivity contribution in [3.05, 3.63) is 35.9 Å². The topological polar surface area (TPSA) is 40.6 Å². The number of rotatable bonds is 3. The van der Waals surface area contributed by atoms with Crippen molar-refractivity contribution >= 4 is 11.8 Å². The van der Waals surface area contributed by atoms with E-state index in [4.69, 9.17) is 0 Å². The molecular formula is C23H32N2O2. The number of carbonyl (C=O) groups is 2. The number of carbonyl (C=O) groups excluding carboxylic acids is 2. The number of benzene rings is 1. The molecule has 1 aliphatic carbocycles. The Morgan fingerprint density at radius 2 is 1.70 bits per heavy atom. The highest BCUT2D eigenvalue weighted by Gasteiger charge is 2.68. The molecule has 0 N–H and O–H groups in total. The fourth-order valence-electron chi connectivity index (χ4n) is 5.58. The average Bonchev–Trinajstić information content (AvgIpc) is 3.28.